The van der Waals surface area contributed by atoms with E-state index in [-0.39, 0.29) is 0 Å². The van der Waals surface area contributed by atoms with E-state index in [1.165, 1.54) is 4.46 Å². The molecule has 0 radical (unpaired) electrons. The van der Waals surface area contributed by atoms with Gasteiger partial charge in [-0.1, -0.05) is 0 Å². The molecule has 2 nitrogen and oxygen atoms in total. The van der Waals surface area contributed by atoms with Gasteiger partial charge in [-0.25, -0.2) is 0 Å². The fourth-order valence-electron chi connectivity index (χ4n) is 0.948. The van der Waals surface area contributed by atoms with Gasteiger partial charge in [0.15, 0.2) is 0 Å². The number of aromatic nitrogens is 2. The molecule has 1 aromatic heterocycles. The van der Waals surface area contributed by atoms with Crippen molar-refractivity contribution >= 4 is 24.0 Å². The first kappa shape index (κ1) is 8.42. The van der Waals surface area contributed by atoms with Crippen LogP contribution in [0.25, 0.3) is 0 Å². The second-order valence-corrected chi connectivity index (χ2v) is 4.76. The Morgan fingerprint density at radius 1 is 1.00 bits per heavy atom. The summed E-state index contributed by atoms with van der Waals surface area (Å²) in [6.07, 6.45) is 3.38. The molecule has 1 aromatic carbocycles. The van der Waals surface area contributed by atoms with Gasteiger partial charge in [0.1, 0.15) is 0 Å². The number of benzene rings is 1. The van der Waals surface area contributed by atoms with Gasteiger partial charge in [0.05, 0.1) is 0 Å². The second kappa shape index (κ2) is 4.17. The van der Waals surface area contributed by atoms with E-state index in [0.29, 0.717) is 15.0 Å². The van der Waals surface area contributed by atoms with Crippen molar-refractivity contribution in [3.8, 4) is 0 Å². The van der Waals surface area contributed by atoms with Gasteiger partial charge in [-0.15, -0.1) is 0 Å². The van der Waals surface area contributed by atoms with Gasteiger partial charge in [0.2, 0.25) is 0 Å². The molecule has 3 heteroatoms. The summed E-state index contributed by atoms with van der Waals surface area (Å²) >= 11 is 0.310. The average Bonchev–Trinajstić information content (AvgIpc) is 2.21. The standard InChI is InChI=1S/C10H8N2Se/c1-2-4-9(5-3-1)13-10-6-7-11-8-12-10/h1-8H. The Kier molecular flexibility index (Phi) is 2.70. The van der Waals surface area contributed by atoms with Crippen LogP contribution in [0, 0.1) is 0 Å². The molecule has 0 aliphatic carbocycles. The Morgan fingerprint density at radius 3 is 2.54 bits per heavy atom. The van der Waals surface area contributed by atoms with Gasteiger partial charge in [-0.3, -0.25) is 0 Å². The minimum atomic E-state index is 0.310. The maximum atomic E-state index is 4.19. The van der Waals surface area contributed by atoms with Crippen LogP contribution in [-0.2, 0) is 0 Å². The summed E-state index contributed by atoms with van der Waals surface area (Å²) in [6.45, 7) is 0. The quantitative estimate of drug-likeness (QED) is 0.691. The molecule has 0 unspecified atom stereocenters. The number of hydrogen-bond donors (Lipinski definition) is 0. The van der Waals surface area contributed by atoms with E-state index >= 15 is 0 Å². The molecular weight excluding hydrogens is 227 g/mol. The van der Waals surface area contributed by atoms with E-state index in [0.717, 1.165) is 4.59 Å². The van der Waals surface area contributed by atoms with E-state index in [9.17, 15) is 0 Å². The molecule has 0 spiro atoms. The zero-order chi connectivity index (χ0) is 8.93. The van der Waals surface area contributed by atoms with Crippen molar-refractivity contribution in [1.82, 2.24) is 9.97 Å². The number of rotatable bonds is 2. The fourth-order valence-corrected chi connectivity index (χ4v) is 2.55. The van der Waals surface area contributed by atoms with Crippen molar-refractivity contribution in [1.29, 1.82) is 0 Å². The zero-order valence-corrected chi connectivity index (χ0v) is 8.63. The third-order valence-corrected chi connectivity index (χ3v) is 3.53. The molecule has 13 heavy (non-hydrogen) atoms. The molecule has 64 valence electrons. The Hall–Kier alpha value is -1.18. The van der Waals surface area contributed by atoms with E-state index in [1.54, 1.807) is 12.5 Å². The molecule has 0 saturated carbocycles. The van der Waals surface area contributed by atoms with Gasteiger partial charge >= 0.3 is 82.9 Å². The predicted molar refractivity (Wildman–Crippen MR) is 53.5 cm³/mol. The van der Waals surface area contributed by atoms with Gasteiger partial charge in [-0.2, -0.15) is 0 Å². The van der Waals surface area contributed by atoms with Gasteiger partial charge in [0, 0.05) is 0 Å². The molecule has 1 heterocycles. The van der Waals surface area contributed by atoms with Crippen molar-refractivity contribution in [3.05, 3.63) is 48.9 Å². The van der Waals surface area contributed by atoms with Crippen molar-refractivity contribution in [2.45, 2.75) is 0 Å². The summed E-state index contributed by atoms with van der Waals surface area (Å²) in [6, 6.07) is 12.4. The summed E-state index contributed by atoms with van der Waals surface area (Å²) in [4.78, 5) is 8.08. The van der Waals surface area contributed by atoms with Crippen LogP contribution in [0.1, 0.15) is 0 Å². The SMILES string of the molecule is c1ccc([Se]c2ccncn2)cc1. The first-order valence-electron chi connectivity index (χ1n) is 3.94. The third kappa shape index (κ3) is 2.38. The molecule has 0 amide bonds. The van der Waals surface area contributed by atoms with Crippen LogP contribution < -0.4 is 9.05 Å². The minimum absolute atomic E-state index is 0.310. The topological polar surface area (TPSA) is 25.8 Å². The molecule has 0 fully saturated rings. The van der Waals surface area contributed by atoms with Crippen LogP contribution >= 0.6 is 0 Å². The van der Waals surface area contributed by atoms with Crippen LogP contribution in [0.3, 0.4) is 0 Å². The summed E-state index contributed by atoms with van der Waals surface area (Å²) in [5, 5.41) is 0. The summed E-state index contributed by atoms with van der Waals surface area (Å²) in [5.74, 6) is 0. The van der Waals surface area contributed by atoms with E-state index in [2.05, 4.69) is 34.2 Å². The van der Waals surface area contributed by atoms with Gasteiger partial charge in [-0.05, 0) is 0 Å². The number of hydrogen-bond acceptors (Lipinski definition) is 2. The van der Waals surface area contributed by atoms with Crippen LogP contribution in [0.5, 0.6) is 0 Å². The molecule has 0 atom stereocenters. The first-order valence-corrected chi connectivity index (χ1v) is 5.65. The van der Waals surface area contributed by atoms with E-state index in [1.807, 2.05) is 12.1 Å². The molecule has 0 aliphatic heterocycles. The molecule has 0 aliphatic rings. The van der Waals surface area contributed by atoms with Crippen LogP contribution in [-0.4, -0.2) is 24.9 Å². The molecule has 2 aromatic rings. The average molecular weight is 235 g/mol. The van der Waals surface area contributed by atoms with E-state index < -0.39 is 0 Å². The molecular formula is C10H8N2Se. The van der Waals surface area contributed by atoms with Crippen LogP contribution in [0.15, 0.2) is 48.9 Å². The number of nitrogens with zero attached hydrogens (tertiary/aromatic N) is 2. The Labute approximate surface area is 83.2 Å². The predicted octanol–water partition coefficient (Wildman–Crippen LogP) is 0.132. The Bertz CT molecular complexity index is 324. The van der Waals surface area contributed by atoms with Gasteiger partial charge in [0.25, 0.3) is 0 Å². The molecule has 0 N–H and O–H groups in total. The van der Waals surface area contributed by atoms with E-state index in [4.69, 9.17) is 0 Å². The maximum absolute atomic E-state index is 4.19. The van der Waals surface area contributed by atoms with Crippen molar-refractivity contribution < 1.29 is 0 Å². The van der Waals surface area contributed by atoms with Gasteiger partial charge < -0.3 is 0 Å². The molecule has 2 rings (SSSR count). The second-order valence-electron chi connectivity index (χ2n) is 2.46. The fraction of sp³-hybridized carbons (Fsp3) is 0. The first-order chi connectivity index (χ1) is 6.45. The summed E-state index contributed by atoms with van der Waals surface area (Å²) < 4.78 is 2.46. The Morgan fingerprint density at radius 2 is 1.85 bits per heavy atom. The Balaban J connectivity index is 2.16. The summed E-state index contributed by atoms with van der Waals surface area (Å²) in [5.41, 5.74) is 0. The van der Waals surface area contributed by atoms with Crippen molar-refractivity contribution in [2.24, 2.45) is 0 Å². The monoisotopic (exact) mass is 236 g/mol. The zero-order valence-electron chi connectivity index (χ0n) is 6.92. The molecule has 0 saturated heterocycles. The van der Waals surface area contributed by atoms with Crippen LogP contribution in [0.4, 0.5) is 0 Å². The summed E-state index contributed by atoms with van der Waals surface area (Å²) in [7, 11) is 0. The van der Waals surface area contributed by atoms with Crippen LogP contribution in [0.2, 0.25) is 0 Å². The van der Waals surface area contributed by atoms with Crippen molar-refractivity contribution in [3.63, 3.8) is 0 Å². The normalized spacial score (nSPS) is 9.85. The third-order valence-electron chi connectivity index (χ3n) is 1.52. The van der Waals surface area contributed by atoms with Crippen molar-refractivity contribution in [2.75, 3.05) is 0 Å². The molecule has 0 bridgehead atoms.